The molecule has 0 saturated carbocycles. The highest BCUT2D eigenvalue weighted by atomic mass is 16.5. The van der Waals surface area contributed by atoms with Gasteiger partial charge in [0, 0.05) is 5.69 Å². The Kier molecular flexibility index (Phi) is 7.90. The van der Waals surface area contributed by atoms with Gasteiger partial charge in [0.25, 0.3) is 0 Å². The first kappa shape index (κ1) is 22.9. The molecule has 0 saturated heterocycles. The number of esters is 1. The van der Waals surface area contributed by atoms with Gasteiger partial charge in [-0.3, -0.25) is 0 Å². The molecule has 11 nitrogen and oxygen atoms in total. The molecule has 3 rings (SSSR count). The second-order valence-electron chi connectivity index (χ2n) is 7.64. The van der Waals surface area contributed by atoms with Crippen molar-refractivity contribution >= 4 is 17.7 Å². The van der Waals surface area contributed by atoms with Crippen molar-refractivity contribution in [3.63, 3.8) is 0 Å². The standard InChI is InChI=1S/C21H27N7O4/c1-4-5-10-31-20(29)14-6-8-15(9-7-14)24-21(30)25-16(11-13(2)3)19-26-18(28-32-19)17-22-12-23-27-17/h6-9,12-13,16H,4-5,10-11H2,1-3H3,(H,22,23,27)(H2,24,25,30). The molecule has 0 spiro atoms. The quantitative estimate of drug-likeness (QED) is 0.318. The molecule has 0 fully saturated rings. The molecular formula is C21H27N7O4. The van der Waals surface area contributed by atoms with Gasteiger partial charge in [-0.05, 0) is 43.0 Å². The van der Waals surface area contributed by atoms with Crippen LogP contribution < -0.4 is 10.6 Å². The van der Waals surface area contributed by atoms with E-state index in [-0.39, 0.29) is 23.6 Å². The number of unbranched alkanes of at least 4 members (excludes halogenated alkanes) is 1. The predicted octanol–water partition coefficient (Wildman–Crippen LogP) is 3.72. The van der Waals surface area contributed by atoms with Crippen LogP contribution in [0.1, 0.15) is 62.3 Å². The second kappa shape index (κ2) is 11.0. The van der Waals surface area contributed by atoms with E-state index in [4.69, 9.17) is 9.26 Å². The molecule has 1 aromatic carbocycles. The fraction of sp³-hybridized carbons (Fsp3) is 0.429. The maximum Gasteiger partial charge on any atom is 0.338 e. The molecule has 32 heavy (non-hydrogen) atoms. The Labute approximate surface area is 185 Å². The van der Waals surface area contributed by atoms with E-state index in [9.17, 15) is 9.59 Å². The smallest absolute Gasteiger partial charge is 0.338 e. The van der Waals surface area contributed by atoms with E-state index >= 15 is 0 Å². The third-order valence-corrected chi connectivity index (χ3v) is 4.49. The number of benzene rings is 1. The van der Waals surface area contributed by atoms with Gasteiger partial charge in [0.1, 0.15) is 12.4 Å². The molecule has 3 aromatic rings. The minimum absolute atomic E-state index is 0.259. The van der Waals surface area contributed by atoms with Crippen molar-refractivity contribution in [3.8, 4) is 11.6 Å². The number of ether oxygens (including phenoxy) is 1. The Morgan fingerprint density at radius 1 is 1.22 bits per heavy atom. The third-order valence-electron chi connectivity index (χ3n) is 4.49. The highest BCUT2D eigenvalue weighted by molar-refractivity contribution is 5.92. The van der Waals surface area contributed by atoms with Gasteiger partial charge in [0.05, 0.1) is 12.2 Å². The number of rotatable bonds is 10. The van der Waals surface area contributed by atoms with E-state index in [2.05, 4.69) is 36.0 Å². The molecular weight excluding hydrogens is 414 g/mol. The van der Waals surface area contributed by atoms with Gasteiger partial charge in [-0.2, -0.15) is 4.98 Å². The van der Waals surface area contributed by atoms with Crippen LogP contribution >= 0.6 is 0 Å². The first-order chi connectivity index (χ1) is 15.5. The summed E-state index contributed by atoms with van der Waals surface area (Å²) in [5.41, 5.74) is 0.958. The maximum absolute atomic E-state index is 12.6. The van der Waals surface area contributed by atoms with Gasteiger partial charge in [0.15, 0.2) is 0 Å². The van der Waals surface area contributed by atoms with E-state index in [1.165, 1.54) is 6.33 Å². The molecule has 2 heterocycles. The van der Waals surface area contributed by atoms with Gasteiger partial charge >= 0.3 is 12.0 Å². The van der Waals surface area contributed by atoms with Crippen LogP contribution in [0.4, 0.5) is 10.5 Å². The van der Waals surface area contributed by atoms with Crippen LogP contribution in [0.5, 0.6) is 0 Å². The fourth-order valence-corrected chi connectivity index (χ4v) is 2.89. The fourth-order valence-electron chi connectivity index (χ4n) is 2.89. The summed E-state index contributed by atoms with van der Waals surface area (Å²) in [4.78, 5) is 31.7. The van der Waals surface area contributed by atoms with Crippen molar-refractivity contribution < 1.29 is 18.8 Å². The lowest BCUT2D eigenvalue weighted by Gasteiger charge is -2.17. The lowest BCUT2D eigenvalue weighted by molar-refractivity contribution is 0.0499. The van der Waals surface area contributed by atoms with Crippen molar-refractivity contribution in [3.05, 3.63) is 42.0 Å². The first-order valence-electron chi connectivity index (χ1n) is 10.5. The number of nitrogens with one attached hydrogen (secondary N) is 3. The second-order valence-corrected chi connectivity index (χ2v) is 7.64. The Balaban J connectivity index is 1.61. The van der Waals surface area contributed by atoms with E-state index in [0.717, 1.165) is 12.8 Å². The number of aromatic amines is 1. The molecule has 0 aliphatic heterocycles. The highest BCUT2D eigenvalue weighted by Gasteiger charge is 2.23. The summed E-state index contributed by atoms with van der Waals surface area (Å²) in [6.07, 6.45) is 3.78. The van der Waals surface area contributed by atoms with Crippen molar-refractivity contribution in [2.45, 2.75) is 46.1 Å². The van der Waals surface area contributed by atoms with Crippen molar-refractivity contribution in [2.75, 3.05) is 11.9 Å². The number of anilines is 1. The third kappa shape index (κ3) is 6.37. The summed E-state index contributed by atoms with van der Waals surface area (Å²) < 4.78 is 10.5. The van der Waals surface area contributed by atoms with Gasteiger partial charge in [0.2, 0.25) is 17.5 Å². The minimum Gasteiger partial charge on any atom is -0.462 e. The number of amides is 2. The zero-order valence-corrected chi connectivity index (χ0v) is 18.3. The summed E-state index contributed by atoms with van der Waals surface area (Å²) in [5.74, 6) is 0.783. The van der Waals surface area contributed by atoms with E-state index in [1.54, 1.807) is 24.3 Å². The molecule has 3 N–H and O–H groups in total. The maximum atomic E-state index is 12.6. The Hall–Kier alpha value is -3.76. The lowest BCUT2D eigenvalue weighted by Crippen LogP contribution is -2.33. The number of carbonyl (C=O) groups is 2. The summed E-state index contributed by atoms with van der Waals surface area (Å²) in [5, 5.41) is 17.1. The Bertz CT molecular complexity index is 1000. The molecule has 0 bridgehead atoms. The van der Waals surface area contributed by atoms with Crippen molar-refractivity contribution in [2.24, 2.45) is 5.92 Å². The predicted molar refractivity (Wildman–Crippen MR) is 116 cm³/mol. The van der Waals surface area contributed by atoms with Crippen molar-refractivity contribution in [1.29, 1.82) is 0 Å². The van der Waals surface area contributed by atoms with Crippen LogP contribution in [0, 0.1) is 5.92 Å². The first-order valence-corrected chi connectivity index (χ1v) is 10.5. The van der Waals surface area contributed by atoms with Gasteiger partial charge in [-0.25, -0.2) is 9.59 Å². The number of urea groups is 1. The number of aromatic nitrogens is 5. The van der Waals surface area contributed by atoms with Crippen LogP contribution in [0.25, 0.3) is 11.6 Å². The number of carbonyl (C=O) groups excluding carboxylic acids is 2. The number of hydrogen-bond donors (Lipinski definition) is 3. The summed E-state index contributed by atoms with van der Waals surface area (Å²) in [6.45, 7) is 6.47. The molecule has 1 unspecified atom stereocenters. The Morgan fingerprint density at radius 2 is 2.00 bits per heavy atom. The average Bonchev–Trinajstić information content (AvgIpc) is 3.45. The Morgan fingerprint density at radius 3 is 2.66 bits per heavy atom. The number of H-pyrrole nitrogens is 1. The monoisotopic (exact) mass is 441 g/mol. The van der Waals surface area contributed by atoms with Crippen LogP contribution in [0.15, 0.2) is 35.1 Å². The van der Waals surface area contributed by atoms with E-state index in [1.807, 2.05) is 20.8 Å². The largest absolute Gasteiger partial charge is 0.462 e. The lowest BCUT2D eigenvalue weighted by atomic mass is 10.0. The normalized spacial score (nSPS) is 11.9. The van der Waals surface area contributed by atoms with Crippen LogP contribution in [0.2, 0.25) is 0 Å². The van der Waals surface area contributed by atoms with Gasteiger partial charge in [-0.15, -0.1) is 10.2 Å². The average molecular weight is 441 g/mol. The zero-order chi connectivity index (χ0) is 22.9. The molecule has 11 heteroatoms. The van der Waals surface area contributed by atoms with Gasteiger partial charge < -0.3 is 24.9 Å². The molecule has 170 valence electrons. The zero-order valence-electron chi connectivity index (χ0n) is 18.3. The molecule has 1 atom stereocenters. The number of hydrogen-bond acceptors (Lipinski definition) is 8. The summed E-state index contributed by atoms with van der Waals surface area (Å²) in [6, 6.07) is 5.57. The molecule has 2 amide bonds. The topological polar surface area (TPSA) is 148 Å². The highest BCUT2D eigenvalue weighted by Crippen LogP contribution is 2.22. The number of nitrogens with zero attached hydrogens (tertiary/aromatic N) is 4. The molecule has 0 aliphatic carbocycles. The van der Waals surface area contributed by atoms with E-state index in [0.29, 0.717) is 30.1 Å². The SMILES string of the molecule is CCCCOC(=O)c1ccc(NC(=O)NC(CC(C)C)c2nc(-c3nnc[nH]3)no2)cc1. The molecule has 2 aromatic heterocycles. The van der Waals surface area contributed by atoms with Crippen molar-refractivity contribution in [1.82, 2.24) is 30.6 Å². The van der Waals surface area contributed by atoms with Crippen LogP contribution in [-0.4, -0.2) is 43.9 Å². The van der Waals surface area contributed by atoms with Crippen LogP contribution in [0.3, 0.4) is 0 Å². The molecule has 0 aliphatic rings. The van der Waals surface area contributed by atoms with Crippen LogP contribution in [-0.2, 0) is 4.74 Å². The molecule has 0 radical (unpaired) electrons. The summed E-state index contributed by atoms with van der Waals surface area (Å²) >= 11 is 0. The summed E-state index contributed by atoms with van der Waals surface area (Å²) in [7, 11) is 0. The van der Waals surface area contributed by atoms with E-state index < -0.39 is 12.1 Å². The minimum atomic E-state index is -0.494. The van der Waals surface area contributed by atoms with Gasteiger partial charge in [-0.1, -0.05) is 32.3 Å².